The van der Waals surface area contributed by atoms with Gasteiger partial charge in [0.15, 0.2) is 17.4 Å². The Morgan fingerprint density at radius 2 is 2.00 bits per heavy atom. The number of ketones is 1. The topological polar surface area (TPSA) is 29.5 Å². The molecule has 5 heteroatoms. The molecule has 0 heterocycles. The first kappa shape index (κ1) is 17.7. The van der Waals surface area contributed by atoms with Crippen LogP contribution in [-0.2, 0) is 4.74 Å². The van der Waals surface area contributed by atoms with Gasteiger partial charge in [-0.2, -0.15) is 0 Å². The Kier molecular flexibility index (Phi) is 7.47. The van der Waals surface area contributed by atoms with E-state index in [0.717, 1.165) is 12.6 Å². The van der Waals surface area contributed by atoms with Crippen LogP contribution in [0.4, 0.5) is 8.78 Å². The summed E-state index contributed by atoms with van der Waals surface area (Å²) in [5.41, 5.74) is -0.175. The van der Waals surface area contributed by atoms with Crippen molar-refractivity contribution in [1.82, 2.24) is 4.90 Å². The minimum Gasteiger partial charge on any atom is -0.383 e. The molecule has 1 aromatic carbocycles. The highest BCUT2D eigenvalue weighted by molar-refractivity contribution is 5.96. The van der Waals surface area contributed by atoms with Gasteiger partial charge in [0.2, 0.25) is 0 Å². The lowest BCUT2D eigenvalue weighted by atomic mass is 10.1. The van der Waals surface area contributed by atoms with Gasteiger partial charge in [0.25, 0.3) is 0 Å². The number of Topliss-reactive ketones (excluding diaryl/α,β-unsaturated/α-hetero) is 1. The summed E-state index contributed by atoms with van der Waals surface area (Å²) in [6.45, 7) is 6.82. The molecule has 0 unspecified atom stereocenters. The van der Waals surface area contributed by atoms with E-state index >= 15 is 0 Å². The highest BCUT2D eigenvalue weighted by atomic mass is 19.2. The molecule has 21 heavy (non-hydrogen) atoms. The smallest absolute Gasteiger partial charge is 0.169 e. The fraction of sp³-hybridized carbons (Fsp3) is 0.562. The van der Waals surface area contributed by atoms with Crippen LogP contribution in [0.25, 0.3) is 0 Å². The molecule has 0 radical (unpaired) electrons. The quantitative estimate of drug-likeness (QED) is 0.656. The Bertz CT molecular complexity index is 464. The van der Waals surface area contributed by atoms with Gasteiger partial charge < -0.3 is 9.64 Å². The van der Waals surface area contributed by atoms with Crippen molar-refractivity contribution in [3.63, 3.8) is 0 Å². The molecule has 0 atom stereocenters. The average molecular weight is 299 g/mol. The van der Waals surface area contributed by atoms with E-state index in [2.05, 4.69) is 18.7 Å². The minimum atomic E-state index is -1.06. The molecular weight excluding hydrogens is 276 g/mol. The average Bonchev–Trinajstić information content (AvgIpc) is 2.44. The summed E-state index contributed by atoms with van der Waals surface area (Å²) in [4.78, 5) is 14.1. The van der Waals surface area contributed by atoms with E-state index in [1.807, 2.05) is 0 Å². The zero-order valence-electron chi connectivity index (χ0n) is 12.9. The third kappa shape index (κ3) is 5.89. The summed E-state index contributed by atoms with van der Waals surface area (Å²) in [7, 11) is 1.63. The van der Waals surface area contributed by atoms with Crippen LogP contribution in [0.1, 0.15) is 30.6 Å². The second-order valence-electron chi connectivity index (χ2n) is 5.46. The minimum absolute atomic E-state index is 0.163. The highest BCUT2D eigenvalue weighted by Gasteiger charge is 2.16. The summed E-state index contributed by atoms with van der Waals surface area (Å²) < 4.78 is 31.7. The molecule has 0 aliphatic rings. The summed E-state index contributed by atoms with van der Waals surface area (Å²) in [6.07, 6.45) is 0.163. The van der Waals surface area contributed by atoms with E-state index in [0.29, 0.717) is 25.6 Å². The molecule has 1 rings (SSSR count). The molecule has 118 valence electrons. The number of carbonyl (C=O) groups is 1. The fourth-order valence-corrected chi connectivity index (χ4v) is 2.14. The number of rotatable bonds is 9. The van der Waals surface area contributed by atoms with Crippen molar-refractivity contribution in [2.45, 2.75) is 20.3 Å². The van der Waals surface area contributed by atoms with Gasteiger partial charge >= 0.3 is 0 Å². The van der Waals surface area contributed by atoms with Gasteiger partial charge in [0.05, 0.1) is 12.2 Å². The Labute approximate surface area is 124 Å². The Morgan fingerprint density at radius 3 is 2.62 bits per heavy atom. The van der Waals surface area contributed by atoms with Gasteiger partial charge in [-0.05, 0) is 18.1 Å². The van der Waals surface area contributed by atoms with E-state index < -0.39 is 11.6 Å². The maximum atomic E-state index is 13.6. The maximum Gasteiger partial charge on any atom is 0.169 e. The van der Waals surface area contributed by atoms with Crippen LogP contribution in [0.15, 0.2) is 18.2 Å². The first-order valence-corrected chi connectivity index (χ1v) is 7.14. The zero-order chi connectivity index (χ0) is 15.8. The van der Waals surface area contributed by atoms with Gasteiger partial charge in [-0.15, -0.1) is 0 Å². The second kappa shape index (κ2) is 8.85. The molecule has 0 aliphatic heterocycles. The first-order chi connectivity index (χ1) is 9.95. The summed E-state index contributed by atoms with van der Waals surface area (Å²) in [5.74, 6) is -1.96. The third-order valence-corrected chi connectivity index (χ3v) is 3.14. The van der Waals surface area contributed by atoms with Crippen LogP contribution in [0.2, 0.25) is 0 Å². The van der Waals surface area contributed by atoms with E-state index in [1.54, 1.807) is 7.11 Å². The first-order valence-electron chi connectivity index (χ1n) is 7.14. The monoisotopic (exact) mass is 299 g/mol. The number of hydrogen-bond donors (Lipinski definition) is 0. The van der Waals surface area contributed by atoms with Crippen LogP contribution in [0.3, 0.4) is 0 Å². The van der Waals surface area contributed by atoms with Gasteiger partial charge in [-0.25, -0.2) is 8.78 Å². The molecule has 0 bridgehead atoms. The van der Waals surface area contributed by atoms with Gasteiger partial charge in [-0.1, -0.05) is 19.9 Å². The van der Waals surface area contributed by atoms with Crippen LogP contribution in [0.5, 0.6) is 0 Å². The number of nitrogens with zero attached hydrogens (tertiary/aromatic N) is 1. The van der Waals surface area contributed by atoms with Gasteiger partial charge in [0.1, 0.15) is 0 Å². The van der Waals surface area contributed by atoms with E-state index in [4.69, 9.17) is 4.74 Å². The van der Waals surface area contributed by atoms with Crippen LogP contribution in [0, 0.1) is 17.6 Å². The molecule has 3 nitrogen and oxygen atoms in total. The van der Waals surface area contributed by atoms with Crippen molar-refractivity contribution >= 4 is 5.78 Å². The number of halogens is 2. The molecular formula is C16H23F2NO2. The Balaban J connectivity index is 2.61. The number of carbonyl (C=O) groups excluding carboxylic acids is 1. The molecule has 0 amide bonds. The van der Waals surface area contributed by atoms with Crippen molar-refractivity contribution in [3.8, 4) is 0 Å². The second-order valence-corrected chi connectivity index (χ2v) is 5.46. The predicted molar refractivity (Wildman–Crippen MR) is 78.5 cm³/mol. The summed E-state index contributed by atoms with van der Waals surface area (Å²) in [5, 5.41) is 0. The number of ether oxygens (including phenoxy) is 1. The number of methoxy groups -OCH3 is 1. The van der Waals surface area contributed by atoms with Gasteiger partial charge in [-0.3, -0.25) is 4.79 Å². The summed E-state index contributed by atoms with van der Waals surface area (Å²) in [6, 6.07) is 3.68. The zero-order valence-corrected chi connectivity index (χ0v) is 12.9. The lowest BCUT2D eigenvalue weighted by Crippen LogP contribution is -2.33. The molecule has 0 fully saturated rings. The number of hydrogen-bond acceptors (Lipinski definition) is 3. The molecule has 0 spiro atoms. The van der Waals surface area contributed by atoms with E-state index in [9.17, 15) is 13.6 Å². The summed E-state index contributed by atoms with van der Waals surface area (Å²) >= 11 is 0. The molecule has 1 aromatic rings. The Hall–Kier alpha value is -1.33. The van der Waals surface area contributed by atoms with E-state index in [1.165, 1.54) is 12.1 Å². The molecule has 0 saturated carbocycles. The van der Waals surface area contributed by atoms with Crippen molar-refractivity contribution in [2.75, 3.05) is 33.4 Å². The molecule has 0 N–H and O–H groups in total. The van der Waals surface area contributed by atoms with Crippen molar-refractivity contribution in [1.29, 1.82) is 0 Å². The molecule has 0 saturated heterocycles. The molecule has 0 aromatic heterocycles. The maximum absolute atomic E-state index is 13.6. The van der Waals surface area contributed by atoms with Crippen LogP contribution in [-0.4, -0.2) is 44.0 Å². The fourth-order valence-electron chi connectivity index (χ4n) is 2.14. The third-order valence-electron chi connectivity index (χ3n) is 3.14. The van der Waals surface area contributed by atoms with Crippen molar-refractivity contribution in [3.05, 3.63) is 35.4 Å². The lowest BCUT2D eigenvalue weighted by molar-refractivity contribution is 0.0937. The standard InChI is InChI=1S/C16H23F2NO2/c1-12(2)11-19(9-10-21-3)8-7-15(20)13-5-4-6-14(17)16(13)18/h4-6,12H,7-11H2,1-3H3. The van der Waals surface area contributed by atoms with Crippen molar-refractivity contribution in [2.24, 2.45) is 5.92 Å². The SMILES string of the molecule is COCCN(CCC(=O)c1cccc(F)c1F)CC(C)C. The van der Waals surface area contributed by atoms with Crippen LogP contribution < -0.4 is 0 Å². The van der Waals surface area contributed by atoms with Crippen molar-refractivity contribution < 1.29 is 18.3 Å². The predicted octanol–water partition coefficient (Wildman–Crippen LogP) is 3.14. The van der Waals surface area contributed by atoms with E-state index in [-0.39, 0.29) is 17.8 Å². The largest absolute Gasteiger partial charge is 0.383 e. The highest BCUT2D eigenvalue weighted by Crippen LogP contribution is 2.14. The van der Waals surface area contributed by atoms with Gasteiger partial charge in [0, 0.05) is 33.2 Å². The normalized spacial score (nSPS) is 11.4. The molecule has 0 aliphatic carbocycles. The number of benzene rings is 1. The van der Waals surface area contributed by atoms with Crippen LogP contribution >= 0.6 is 0 Å². The Morgan fingerprint density at radius 1 is 1.29 bits per heavy atom. The lowest BCUT2D eigenvalue weighted by Gasteiger charge is -2.23.